The van der Waals surface area contributed by atoms with E-state index in [4.69, 9.17) is 11.6 Å². The van der Waals surface area contributed by atoms with Crippen LogP contribution in [0.4, 0.5) is 16.5 Å². The van der Waals surface area contributed by atoms with E-state index in [9.17, 15) is 14.4 Å². The van der Waals surface area contributed by atoms with Crippen LogP contribution in [0.15, 0.2) is 36.4 Å². The summed E-state index contributed by atoms with van der Waals surface area (Å²) in [5.74, 6) is -0.912. The van der Waals surface area contributed by atoms with Crippen LogP contribution >= 0.6 is 22.9 Å². The maximum absolute atomic E-state index is 12.9. The Morgan fingerprint density at radius 3 is 2.56 bits per heavy atom. The summed E-state index contributed by atoms with van der Waals surface area (Å²) in [6, 6.07) is 11.4. The second-order valence-corrected chi connectivity index (χ2v) is 10.8. The maximum atomic E-state index is 12.9. The van der Waals surface area contributed by atoms with Gasteiger partial charge in [0, 0.05) is 48.2 Å². The number of nitrogens with one attached hydrogen (secondary N) is 1. The number of amides is 3. The molecule has 0 bridgehead atoms. The van der Waals surface area contributed by atoms with Gasteiger partial charge in [-0.3, -0.25) is 14.4 Å². The number of carbonyl (C=O) groups excluding carboxylic acids is 3. The number of carbonyl (C=O) groups is 3. The highest BCUT2D eigenvalue weighted by atomic mass is 35.5. The lowest BCUT2D eigenvalue weighted by Crippen LogP contribution is -2.28. The number of benzene rings is 2. The minimum absolute atomic E-state index is 0.00305. The van der Waals surface area contributed by atoms with Gasteiger partial charge in [-0.05, 0) is 55.7 Å². The topological polar surface area (TPSA) is 95.5 Å². The number of aryl methyl sites for hydroxylation is 2. The van der Waals surface area contributed by atoms with Crippen LogP contribution in [0.1, 0.15) is 40.5 Å². The molecule has 3 amide bonds. The van der Waals surface area contributed by atoms with Crippen LogP contribution in [0.25, 0.3) is 0 Å². The van der Waals surface area contributed by atoms with E-state index in [1.54, 1.807) is 15.9 Å². The highest BCUT2D eigenvalue weighted by Gasteiger charge is 2.37. The zero-order valence-electron chi connectivity index (χ0n) is 20.2. The molecule has 186 valence electrons. The standard InChI is InChI=1S/C26H26ClN5O3S/c1-14-5-4-6-21(16(14)3)32-12-17(9-23(32)34)24(35)28-26-30-29-25(36-26)18-10-22(33)31(13-18)19-8-7-15(2)20(27)11-19/h4-8,11,17-18H,9-10,12-13H2,1-3H3,(H,28,30,35). The molecule has 36 heavy (non-hydrogen) atoms. The van der Waals surface area contributed by atoms with Crippen LogP contribution in [-0.4, -0.2) is 41.0 Å². The normalized spacial score (nSPS) is 19.9. The molecular formula is C26H26ClN5O3S. The molecule has 2 saturated heterocycles. The van der Waals surface area contributed by atoms with Gasteiger partial charge < -0.3 is 15.1 Å². The fourth-order valence-electron chi connectivity index (χ4n) is 4.67. The quantitative estimate of drug-likeness (QED) is 0.526. The minimum atomic E-state index is -0.473. The summed E-state index contributed by atoms with van der Waals surface area (Å²) in [5, 5.41) is 12.9. The van der Waals surface area contributed by atoms with Crippen molar-refractivity contribution in [3.63, 3.8) is 0 Å². The monoisotopic (exact) mass is 523 g/mol. The Morgan fingerprint density at radius 1 is 1.00 bits per heavy atom. The first-order valence-electron chi connectivity index (χ1n) is 11.8. The summed E-state index contributed by atoms with van der Waals surface area (Å²) in [7, 11) is 0. The molecule has 8 nitrogen and oxygen atoms in total. The lowest BCUT2D eigenvalue weighted by atomic mass is 10.1. The molecule has 2 aliphatic rings. The van der Waals surface area contributed by atoms with Gasteiger partial charge >= 0.3 is 0 Å². The van der Waals surface area contributed by atoms with Crippen LogP contribution < -0.4 is 15.1 Å². The van der Waals surface area contributed by atoms with E-state index < -0.39 is 5.92 Å². The van der Waals surface area contributed by atoms with E-state index in [0.29, 0.717) is 34.7 Å². The Kier molecular flexibility index (Phi) is 6.53. The van der Waals surface area contributed by atoms with Crippen molar-refractivity contribution in [1.82, 2.24) is 10.2 Å². The fraction of sp³-hybridized carbons (Fsp3) is 0.346. The molecule has 2 aliphatic heterocycles. The van der Waals surface area contributed by atoms with Gasteiger partial charge in [-0.1, -0.05) is 41.1 Å². The number of hydrogen-bond donors (Lipinski definition) is 1. The number of anilines is 3. The van der Waals surface area contributed by atoms with Crippen molar-refractivity contribution in [3.8, 4) is 0 Å². The maximum Gasteiger partial charge on any atom is 0.231 e. The van der Waals surface area contributed by atoms with Crippen molar-refractivity contribution in [3.05, 3.63) is 63.1 Å². The Balaban J connectivity index is 1.23. The van der Waals surface area contributed by atoms with E-state index in [-0.39, 0.29) is 30.1 Å². The van der Waals surface area contributed by atoms with Crippen molar-refractivity contribution >= 4 is 57.2 Å². The van der Waals surface area contributed by atoms with E-state index in [0.717, 1.165) is 28.1 Å². The zero-order valence-corrected chi connectivity index (χ0v) is 21.8. The van der Waals surface area contributed by atoms with Crippen molar-refractivity contribution in [2.75, 3.05) is 28.2 Å². The van der Waals surface area contributed by atoms with Gasteiger partial charge in [0.2, 0.25) is 22.9 Å². The second-order valence-electron chi connectivity index (χ2n) is 9.40. The smallest absolute Gasteiger partial charge is 0.231 e. The molecule has 3 aromatic rings. The minimum Gasteiger partial charge on any atom is -0.312 e. The van der Waals surface area contributed by atoms with Crippen LogP contribution in [0, 0.1) is 26.7 Å². The summed E-state index contributed by atoms with van der Waals surface area (Å²) in [6.45, 7) is 6.70. The zero-order chi connectivity index (χ0) is 25.6. The Morgan fingerprint density at radius 2 is 1.78 bits per heavy atom. The first-order valence-corrected chi connectivity index (χ1v) is 13.0. The molecule has 5 rings (SSSR count). The lowest BCUT2D eigenvalue weighted by molar-refractivity contribution is -0.122. The molecule has 3 heterocycles. The molecule has 2 atom stereocenters. The molecule has 0 spiro atoms. The van der Waals surface area contributed by atoms with Gasteiger partial charge in [-0.2, -0.15) is 0 Å². The van der Waals surface area contributed by atoms with Crippen molar-refractivity contribution in [2.45, 2.75) is 39.5 Å². The highest BCUT2D eigenvalue weighted by Crippen LogP contribution is 2.36. The van der Waals surface area contributed by atoms with Crippen molar-refractivity contribution in [2.24, 2.45) is 5.92 Å². The van der Waals surface area contributed by atoms with Crippen LogP contribution in [0.3, 0.4) is 0 Å². The van der Waals surface area contributed by atoms with Crippen LogP contribution in [-0.2, 0) is 14.4 Å². The summed E-state index contributed by atoms with van der Waals surface area (Å²) in [4.78, 5) is 41.7. The average molecular weight is 524 g/mol. The average Bonchev–Trinajstić information content (AvgIpc) is 3.56. The van der Waals surface area contributed by atoms with E-state index in [1.807, 2.05) is 51.1 Å². The van der Waals surface area contributed by atoms with E-state index in [1.165, 1.54) is 11.3 Å². The molecule has 2 aromatic carbocycles. The number of nitrogens with zero attached hydrogens (tertiary/aromatic N) is 4. The highest BCUT2D eigenvalue weighted by molar-refractivity contribution is 7.15. The lowest BCUT2D eigenvalue weighted by Gasteiger charge is -2.20. The molecule has 2 unspecified atom stereocenters. The Bertz CT molecular complexity index is 1370. The first-order chi connectivity index (χ1) is 17.2. The number of aromatic nitrogens is 2. The van der Waals surface area contributed by atoms with Gasteiger partial charge in [-0.15, -0.1) is 10.2 Å². The van der Waals surface area contributed by atoms with Crippen molar-refractivity contribution in [1.29, 1.82) is 0 Å². The van der Waals surface area contributed by atoms with Gasteiger partial charge in [0.05, 0.1) is 5.92 Å². The largest absolute Gasteiger partial charge is 0.312 e. The summed E-state index contributed by atoms with van der Waals surface area (Å²) < 4.78 is 0. The molecule has 0 aliphatic carbocycles. The fourth-order valence-corrected chi connectivity index (χ4v) is 5.69. The summed E-state index contributed by atoms with van der Waals surface area (Å²) in [6.07, 6.45) is 0.464. The molecule has 1 aromatic heterocycles. The molecule has 0 saturated carbocycles. The van der Waals surface area contributed by atoms with Crippen molar-refractivity contribution < 1.29 is 14.4 Å². The number of rotatable bonds is 5. The van der Waals surface area contributed by atoms with Gasteiger partial charge in [0.1, 0.15) is 5.01 Å². The predicted molar refractivity (Wildman–Crippen MR) is 141 cm³/mol. The third-order valence-corrected chi connectivity index (χ3v) is 8.38. The Labute approximate surface area is 218 Å². The molecule has 2 fully saturated rings. The van der Waals surface area contributed by atoms with Crippen LogP contribution in [0.5, 0.6) is 0 Å². The number of hydrogen-bond acceptors (Lipinski definition) is 6. The molecule has 1 N–H and O–H groups in total. The van der Waals surface area contributed by atoms with Gasteiger partial charge in [0.15, 0.2) is 0 Å². The van der Waals surface area contributed by atoms with Crippen LogP contribution in [0.2, 0.25) is 5.02 Å². The molecule has 10 heteroatoms. The molecular weight excluding hydrogens is 498 g/mol. The first kappa shape index (κ1) is 24.4. The molecule has 0 radical (unpaired) electrons. The third kappa shape index (κ3) is 4.60. The number of halogens is 1. The third-order valence-electron chi connectivity index (χ3n) is 6.97. The summed E-state index contributed by atoms with van der Waals surface area (Å²) >= 11 is 7.51. The van der Waals surface area contributed by atoms with Gasteiger partial charge in [0.25, 0.3) is 0 Å². The second kappa shape index (κ2) is 9.63. The SMILES string of the molecule is Cc1ccc(N2CC(c3nnc(NC(=O)C4CC(=O)N(c5cccc(C)c5C)C4)s3)CC2=O)cc1Cl. The predicted octanol–water partition coefficient (Wildman–Crippen LogP) is 4.63. The van der Waals surface area contributed by atoms with Gasteiger partial charge in [-0.25, -0.2) is 0 Å². The van der Waals surface area contributed by atoms with E-state index >= 15 is 0 Å². The summed E-state index contributed by atoms with van der Waals surface area (Å²) in [5.41, 5.74) is 4.70. The van der Waals surface area contributed by atoms with E-state index in [2.05, 4.69) is 15.5 Å². The Hall–Kier alpha value is -3.30.